The predicted octanol–water partition coefficient (Wildman–Crippen LogP) is 0.647. The largest absolute Gasteiger partial charge is 0.305 e. The SMILES string of the molecule is c1nsc(C2CN3CCCC3CN2)n1. The van der Waals surface area contributed by atoms with Gasteiger partial charge in [-0.3, -0.25) is 4.90 Å². The van der Waals surface area contributed by atoms with Crippen LogP contribution in [-0.2, 0) is 0 Å². The summed E-state index contributed by atoms with van der Waals surface area (Å²) in [4.78, 5) is 6.86. The summed E-state index contributed by atoms with van der Waals surface area (Å²) in [5.74, 6) is 0. The molecule has 0 radical (unpaired) electrons. The van der Waals surface area contributed by atoms with Gasteiger partial charge in [0.25, 0.3) is 0 Å². The molecule has 2 unspecified atom stereocenters. The maximum atomic E-state index is 4.27. The molecule has 4 nitrogen and oxygen atoms in total. The van der Waals surface area contributed by atoms with Crippen LogP contribution in [0.4, 0.5) is 0 Å². The van der Waals surface area contributed by atoms with Crippen molar-refractivity contribution in [2.24, 2.45) is 0 Å². The molecule has 0 aromatic carbocycles. The zero-order valence-corrected chi connectivity index (χ0v) is 8.83. The summed E-state index contributed by atoms with van der Waals surface area (Å²) in [5.41, 5.74) is 0. The molecule has 2 saturated heterocycles. The zero-order valence-electron chi connectivity index (χ0n) is 8.02. The number of aromatic nitrogens is 2. The van der Waals surface area contributed by atoms with Crippen molar-refractivity contribution in [3.63, 3.8) is 0 Å². The van der Waals surface area contributed by atoms with Crippen molar-refractivity contribution in [2.75, 3.05) is 19.6 Å². The lowest BCUT2D eigenvalue weighted by Gasteiger charge is -2.34. The first kappa shape index (κ1) is 8.76. The molecule has 1 aromatic heterocycles. The van der Waals surface area contributed by atoms with Crippen LogP contribution in [-0.4, -0.2) is 39.9 Å². The molecule has 2 fully saturated rings. The number of rotatable bonds is 1. The standard InChI is InChI=1S/C9H14N4S/c1-2-7-4-10-8(5-13(7)3-1)9-11-6-12-14-9/h6-8,10H,1-5H2. The summed E-state index contributed by atoms with van der Waals surface area (Å²) in [6.07, 6.45) is 4.36. The smallest absolute Gasteiger partial charge is 0.131 e. The van der Waals surface area contributed by atoms with Gasteiger partial charge in [-0.1, -0.05) is 0 Å². The third kappa shape index (κ3) is 1.45. The van der Waals surface area contributed by atoms with Gasteiger partial charge in [0.15, 0.2) is 0 Å². The summed E-state index contributed by atoms with van der Waals surface area (Å²) in [7, 11) is 0. The normalized spacial score (nSPS) is 33.1. The Labute approximate surface area is 87.5 Å². The average molecular weight is 210 g/mol. The lowest BCUT2D eigenvalue weighted by Crippen LogP contribution is -2.49. The minimum absolute atomic E-state index is 0.414. The molecule has 0 spiro atoms. The van der Waals surface area contributed by atoms with Gasteiger partial charge < -0.3 is 5.32 Å². The number of piperazine rings is 1. The highest BCUT2D eigenvalue weighted by Crippen LogP contribution is 2.26. The van der Waals surface area contributed by atoms with E-state index in [0.717, 1.165) is 24.1 Å². The zero-order chi connectivity index (χ0) is 9.38. The third-order valence-corrected chi connectivity index (χ3v) is 3.97. The van der Waals surface area contributed by atoms with Crippen molar-refractivity contribution >= 4 is 11.5 Å². The molecular weight excluding hydrogens is 196 g/mol. The van der Waals surface area contributed by atoms with Gasteiger partial charge in [-0.25, -0.2) is 4.98 Å². The molecule has 0 saturated carbocycles. The van der Waals surface area contributed by atoms with Gasteiger partial charge in [-0.2, -0.15) is 4.37 Å². The first-order chi connectivity index (χ1) is 6.93. The van der Waals surface area contributed by atoms with E-state index in [1.165, 1.54) is 30.9 Å². The van der Waals surface area contributed by atoms with Crippen LogP contribution in [0.2, 0.25) is 0 Å². The topological polar surface area (TPSA) is 41.1 Å². The minimum Gasteiger partial charge on any atom is -0.305 e. The average Bonchev–Trinajstić information content (AvgIpc) is 2.88. The van der Waals surface area contributed by atoms with Crippen LogP contribution in [0.25, 0.3) is 0 Å². The molecule has 5 heteroatoms. The summed E-state index contributed by atoms with van der Waals surface area (Å²) in [6, 6.07) is 1.19. The van der Waals surface area contributed by atoms with Crippen LogP contribution in [0, 0.1) is 0 Å². The van der Waals surface area contributed by atoms with Crippen LogP contribution >= 0.6 is 11.5 Å². The third-order valence-electron chi connectivity index (χ3n) is 3.19. The fourth-order valence-corrected chi connectivity index (χ4v) is 3.03. The number of nitrogens with one attached hydrogen (secondary N) is 1. The second kappa shape index (κ2) is 3.56. The molecule has 0 aliphatic carbocycles. The first-order valence-corrected chi connectivity index (χ1v) is 5.95. The van der Waals surface area contributed by atoms with Gasteiger partial charge in [0.05, 0.1) is 6.04 Å². The van der Waals surface area contributed by atoms with Crippen molar-refractivity contribution < 1.29 is 0 Å². The molecule has 0 amide bonds. The van der Waals surface area contributed by atoms with Crippen molar-refractivity contribution in [3.05, 3.63) is 11.3 Å². The van der Waals surface area contributed by atoms with Crippen molar-refractivity contribution in [2.45, 2.75) is 24.9 Å². The van der Waals surface area contributed by atoms with Crippen LogP contribution in [0.5, 0.6) is 0 Å². The van der Waals surface area contributed by atoms with Gasteiger partial charge in [0.2, 0.25) is 0 Å². The van der Waals surface area contributed by atoms with E-state index in [-0.39, 0.29) is 0 Å². The van der Waals surface area contributed by atoms with Crippen LogP contribution < -0.4 is 5.32 Å². The van der Waals surface area contributed by atoms with E-state index in [1.54, 1.807) is 6.33 Å². The Hall–Kier alpha value is -0.520. The summed E-state index contributed by atoms with van der Waals surface area (Å²) < 4.78 is 4.05. The summed E-state index contributed by atoms with van der Waals surface area (Å²) in [5, 5.41) is 4.69. The number of hydrogen-bond donors (Lipinski definition) is 1. The number of hydrogen-bond acceptors (Lipinski definition) is 5. The quantitative estimate of drug-likeness (QED) is 0.739. The lowest BCUT2D eigenvalue weighted by molar-refractivity contribution is 0.173. The van der Waals surface area contributed by atoms with Gasteiger partial charge in [0, 0.05) is 19.1 Å². The summed E-state index contributed by atoms with van der Waals surface area (Å²) >= 11 is 1.51. The van der Waals surface area contributed by atoms with E-state index >= 15 is 0 Å². The molecule has 2 atom stereocenters. The highest BCUT2D eigenvalue weighted by atomic mass is 32.1. The molecule has 1 N–H and O–H groups in total. The van der Waals surface area contributed by atoms with Crippen molar-refractivity contribution in [1.29, 1.82) is 0 Å². The molecule has 14 heavy (non-hydrogen) atoms. The monoisotopic (exact) mass is 210 g/mol. The highest BCUT2D eigenvalue weighted by Gasteiger charge is 2.32. The molecular formula is C9H14N4S. The number of nitrogens with zero attached hydrogens (tertiary/aromatic N) is 3. The molecule has 1 aromatic rings. The van der Waals surface area contributed by atoms with E-state index in [2.05, 4.69) is 19.6 Å². The van der Waals surface area contributed by atoms with E-state index < -0.39 is 0 Å². The van der Waals surface area contributed by atoms with Crippen LogP contribution in [0.15, 0.2) is 6.33 Å². The molecule has 2 aliphatic rings. The fraction of sp³-hybridized carbons (Fsp3) is 0.778. The molecule has 3 heterocycles. The lowest BCUT2D eigenvalue weighted by atomic mass is 10.1. The van der Waals surface area contributed by atoms with E-state index in [4.69, 9.17) is 0 Å². The van der Waals surface area contributed by atoms with Gasteiger partial charge >= 0.3 is 0 Å². The van der Waals surface area contributed by atoms with Gasteiger partial charge in [-0.15, -0.1) is 0 Å². The Kier molecular flexibility index (Phi) is 2.23. The minimum atomic E-state index is 0.414. The van der Waals surface area contributed by atoms with Crippen molar-refractivity contribution in [3.8, 4) is 0 Å². The Morgan fingerprint density at radius 2 is 2.57 bits per heavy atom. The fourth-order valence-electron chi connectivity index (χ4n) is 2.44. The maximum Gasteiger partial charge on any atom is 0.131 e. The molecule has 2 aliphatic heterocycles. The Morgan fingerprint density at radius 3 is 3.43 bits per heavy atom. The summed E-state index contributed by atoms with van der Waals surface area (Å²) in [6.45, 7) is 3.49. The van der Waals surface area contributed by atoms with Crippen LogP contribution in [0.1, 0.15) is 23.9 Å². The van der Waals surface area contributed by atoms with Gasteiger partial charge in [-0.05, 0) is 30.9 Å². The van der Waals surface area contributed by atoms with Crippen molar-refractivity contribution in [1.82, 2.24) is 19.6 Å². The van der Waals surface area contributed by atoms with E-state index in [9.17, 15) is 0 Å². The van der Waals surface area contributed by atoms with Gasteiger partial charge in [0.1, 0.15) is 11.3 Å². The molecule has 76 valence electrons. The Bertz CT molecular complexity index is 300. The number of fused-ring (bicyclic) bond motifs is 1. The maximum absolute atomic E-state index is 4.27. The van der Waals surface area contributed by atoms with E-state index in [1.807, 2.05) is 0 Å². The molecule has 3 rings (SSSR count). The molecule has 0 bridgehead atoms. The second-order valence-corrected chi connectivity index (χ2v) is 4.84. The first-order valence-electron chi connectivity index (χ1n) is 5.17. The second-order valence-electron chi connectivity index (χ2n) is 4.03. The highest BCUT2D eigenvalue weighted by molar-refractivity contribution is 7.05. The predicted molar refractivity (Wildman–Crippen MR) is 55.2 cm³/mol. The van der Waals surface area contributed by atoms with Crippen LogP contribution in [0.3, 0.4) is 0 Å². The van der Waals surface area contributed by atoms with E-state index in [0.29, 0.717) is 6.04 Å². The Morgan fingerprint density at radius 1 is 1.57 bits per heavy atom. The Balaban J connectivity index is 1.73.